The first-order valence-electron chi connectivity index (χ1n) is 10.1. The van der Waals surface area contributed by atoms with Crippen LogP contribution in [0.1, 0.15) is 32.6 Å². The quantitative estimate of drug-likeness (QED) is 0.451. The summed E-state index contributed by atoms with van der Waals surface area (Å²) in [5.41, 5.74) is 2.33. The summed E-state index contributed by atoms with van der Waals surface area (Å²) >= 11 is 0. The van der Waals surface area contributed by atoms with Crippen LogP contribution in [0.4, 0.5) is 4.48 Å². The number of halogens is 1. The van der Waals surface area contributed by atoms with Crippen molar-refractivity contribution in [2.24, 2.45) is 0 Å². The molecule has 1 amide bonds. The van der Waals surface area contributed by atoms with Crippen molar-refractivity contribution in [1.29, 1.82) is 0 Å². The van der Waals surface area contributed by atoms with E-state index in [0.29, 0.717) is 13.1 Å². The van der Waals surface area contributed by atoms with Gasteiger partial charge in [-0.25, -0.2) is 5.01 Å². The highest BCUT2D eigenvalue weighted by atomic mass is 19.2. The van der Waals surface area contributed by atoms with Gasteiger partial charge >= 0.3 is 0 Å². The summed E-state index contributed by atoms with van der Waals surface area (Å²) in [5, 5.41) is 2.43. The Morgan fingerprint density at radius 2 is 1.52 bits per heavy atom. The predicted molar refractivity (Wildman–Crippen MR) is 107 cm³/mol. The van der Waals surface area contributed by atoms with Crippen molar-refractivity contribution < 1.29 is 9.28 Å². The largest absolute Gasteiger partial charge is 0.373 e. The molecule has 0 unspecified atom stereocenters. The van der Waals surface area contributed by atoms with Gasteiger partial charge in [0.25, 0.3) is 0 Å². The minimum Gasteiger partial charge on any atom is -0.373 e. The zero-order chi connectivity index (χ0) is 19.8. The Morgan fingerprint density at radius 3 is 2.11 bits per heavy atom. The second-order valence-corrected chi connectivity index (χ2v) is 7.81. The van der Waals surface area contributed by atoms with Crippen LogP contribution in [0.5, 0.6) is 0 Å². The Kier molecular flexibility index (Phi) is 8.73. The van der Waals surface area contributed by atoms with Crippen LogP contribution >= 0.6 is 0 Å². The van der Waals surface area contributed by atoms with Crippen LogP contribution in [0.3, 0.4) is 0 Å². The lowest BCUT2D eigenvalue weighted by Crippen LogP contribution is -2.52. The Hall–Kier alpha value is -1.44. The lowest BCUT2D eigenvalue weighted by molar-refractivity contribution is -0.185. The summed E-state index contributed by atoms with van der Waals surface area (Å²) in [4.78, 5) is 18.6. The van der Waals surface area contributed by atoms with Crippen molar-refractivity contribution in [2.75, 3.05) is 66.0 Å². The van der Waals surface area contributed by atoms with E-state index >= 15 is 0 Å². The van der Waals surface area contributed by atoms with Gasteiger partial charge in [-0.3, -0.25) is 4.79 Å². The van der Waals surface area contributed by atoms with Crippen LogP contribution in [-0.2, 0) is 4.79 Å². The van der Waals surface area contributed by atoms with Crippen LogP contribution in [0, 0.1) is 0 Å². The zero-order valence-corrected chi connectivity index (χ0v) is 17.1. The lowest BCUT2D eigenvalue weighted by Gasteiger charge is -2.39. The molecule has 2 fully saturated rings. The molecule has 2 saturated heterocycles. The van der Waals surface area contributed by atoms with Gasteiger partial charge in [0.15, 0.2) is 0 Å². The number of hydrogen-bond acceptors (Lipinski definition) is 5. The highest BCUT2D eigenvalue weighted by molar-refractivity contribution is 5.76. The number of piperazine rings is 2. The molecule has 2 heterocycles. The highest BCUT2D eigenvalue weighted by Crippen LogP contribution is 2.17. The van der Waals surface area contributed by atoms with Gasteiger partial charge in [-0.15, -0.1) is 11.1 Å². The average molecular weight is 382 g/mol. The van der Waals surface area contributed by atoms with Gasteiger partial charge in [-0.1, -0.05) is 17.4 Å². The number of nitrogens with zero attached hydrogens (tertiary/aromatic N) is 5. The van der Waals surface area contributed by atoms with Gasteiger partial charge in [-0.2, -0.15) is 0 Å². The van der Waals surface area contributed by atoms with E-state index in [0.717, 1.165) is 69.5 Å². The summed E-state index contributed by atoms with van der Waals surface area (Å²) in [7, 11) is 2.06. The molecule has 0 aromatic heterocycles. The molecular weight excluding hydrogens is 345 g/mol. The number of hydrogen-bond donors (Lipinski definition) is 0. The van der Waals surface area contributed by atoms with Crippen LogP contribution in [-0.4, -0.2) is 96.8 Å². The second-order valence-electron chi connectivity index (χ2n) is 7.81. The monoisotopic (exact) mass is 381 g/mol. The molecular formula is C20H36FN5O. The molecule has 0 aromatic carbocycles. The van der Waals surface area contributed by atoms with Crippen molar-refractivity contribution >= 4 is 5.91 Å². The first-order valence-corrected chi connectivity index (χ1v) is 10.1. The maximum atomic E-state index is 14.4. The number of allylic oxidation sites excluding steroid dienone is 2. The average Bonchev–Trinajstić information content (AvgIpc) is 2.66. The van der Waals surface area contributed by atoms with Crippen LogP contribution in [0.2, 0.25) is 0 Å². The van der Waals surface area contributed by atoms with Crippen LogP contribution < -0.4 is 0 Å². The molecule has 0 bridgehead atoms. The van der Waals surface area contributed by atoms with Gasteiger partial charge in [0.2, 0.25) is 5.91 Å². The van der Waals surface area contributed by atoms with Gasteiger partial charge in [0.1, 0.15) is 0 Å². The minimum absolute atomic E-state index is 0.0512. The third kappa shape index (κ3) is 7.24. The Bertz CT molecular complexity index is 511. The van der Waals surface area contributed by atoms with Gasteiger partial charge < -0.3 is 14.7 Å². The lowest BCUT2D eigenvalue weighted by atomic mass is 10.1. The molecule has 6 nitrogen and oxygen atoms in total. The molecule has 154 valence electrons. The van der Waals surface area contributed by atoms with Gasteiger partial charge in [0.05, 0.1) is 6.54 Å². The van der Waals surface area contributed by atoms with Crippen molar-refractivity contribution in [3.63, 3.8) is 0 Å². The first-order chi connectivity index (χ1) is 12.9. The second kappa shape index (κ2) is 10.8. The molecule has 0 spiro atoms. The number of likely N-dealkylation sites (N-methyl/N-ethyl adjacent to an activating group) is 1. The van der Waals surface area contributed by atoms with E-state index in [9.17, 15) is 9.28 Å². The van der Waals surface area contributed by atoms with Gasteiger partial charge in [-0.05, 0) is 33.2 Å². The molecule has 0 N–H and O–H groups in total. The van der Waals surface area contributed by atoms with Crippen molar-refractivity contribution in [3.8, 4) is 0 Å². The smallest absolute Gasteiger partial charge is 0.224 e. The van der Waals surface area contributed by atoms with E-state index in [1.807, 2.05) is 11.8 Å². The van der Waals surface area contributed by atoms with Crippen molar-refractivity contribution in [1.82, 2.24) is 24.9 Å². The topological polar surface area (TPSA) is 33.3 Å². The molecule has 2 rings (SSSR count). The summed E-state index contributed by atoms with van der Waals surface area (Å²) in [6.07, 6.45) is 3.29. The number of carbonyl (C=O) groups excluding carboxylic acids is 1. The molecule has 0 atom stereocenters. The third-order valence-corrected chi connectivity index (χ3v) is 5.45. The normalized spacial score (nSPS) is 19.6. The fraction of sp³-hybridized carbons (Fsp3) is 0.750. The number of amides is 1. The Morgan fingerprint density at radius 1 is 0.926 bits per heavy atom. The summed E-state index contributed by atoms with van der Waals surface area (Å²) in [5.74, 6) is 0.0512. The fourth-order valence-corrected chi connectivity index (χ4v) is 3.52. The molecule has 0 aliphatic carbocycles. The molecule has 2 aliphatic heterocycles. The molecule has 27 heavy (non-hydrogen) atoms. The van der Waals surface area contributed by atoms with E-state index in [4.69, 9.17) is 0 Å². The summed E-state index contributed by atoms with van der Waals surface area (Å²) in [6.45, 7) is 16.4. The van der Waals surface area contributed by atoms with E-state index in [-0.39, 0.29) is 18.9 Å². The summed E-state index contributed by atoms with van der Waals surface area (Å²) in [6, 6.07) is 0. The zero-order valence-electron chi connectivity index (χ0n) is 17.1. The minimum atomic E-state index is 0.0512. The number of hydrazine groups is 1. The molecule has 0 saturated carbocycles. The van der Waals surface area contributed by atoms with E-state index < -0.39 is 0 Å². The van der Waals surface area contributed by atoms with Crippen molar-refractivity contribution in [2.45, 2.75) is 32.6 Å². The third-order valence-electron chi connectivity index (χ3n) is 5.45. The number of carbonyl (C=O) groups is 1. The standard InChI is InChI=1S/C20H36FN5O/c1-18(2)6-5-7-19(3)23-14-16-25(17-15-23)26(21)9-8-20(27)24-12-10-22(4)11-13-24/h1,3,5-17H2,2,4H3. The maximum Gasteiger partial charge on any atom is 0.224 e. The number of rotatable bonds is 9. The maximum absolute atomic E-state index is 14.4. The van der Waals surface area contributed by atoms with Crippen LogP contribution in [0.25, 0.3) is 0 Å². The van der Waals surface area contributed by atoms with Crippen LogP contribution in [0.15, 0.2) is 24.4 Å². The Labute approximate surface area is 163 Å². The SMILES string of the molecule is C=C(C)CCCC(=C)N1CCN(N(F)CCC(=O)N2CCN(C)CC2)CC1. The Balaban J connectivity index is 1.64. The summed E-state index contributed by atoms with van der Waals surface area (Å²) < 4.78 is 14.4. The molecule has 0 radical (unpaired) electrons. The molecule has 0 aromatic rings. The van der Waals surface area contributed by atoms with E-state index in [1.54, 1.807) is 5.01 Å². The first kappa shape index (κ1) is 21.9. The predicted octanol–water partition coefficient (Wildman–Crippen LogP) is 2.13. The molecule has 7 heteroatoms. The van der Waals surface area contributed by atoms with E-state index in [2.05, 4.69) is 30.0 Å². The van der Waals surface area contributed by atoms with Crippen molar-refractivity contribution in [3.05, 3.63) is 24.4 Å². The van der Waals surface area contributed by atoms with E-state index in [1.165, 1.54) is 5.57 Å². The molecule has 2 aliphatic rings. The fourth-order valence-electron chi connectivity index (χ4n) is 3.52. The highest BCUT2D eigenvalue weighted by Gasteiger charge is 2.25. The van der Waals surface area contributed by atoms with Gasteiger partial charge in [0, 0.05) is 64.5 Å².